The average molecular weight is 389 g/mol. The number of H-pyrrole nitrogens is 1. The number of rotatable bonds is 8. The maximum atomic E-state index is 11.9. The molecule has 0 aliphatic heterocycles. The molecule has 4 rings (SSSR count). The van der Waals surface area contributed by atoms with Gasteiger partial charge in [-0.1, -0.05) is 56.5 Å². The first-order valence-corrected chi connectivity index (χ1v) is 9.85. The molecule has 1 atom stereocenters. The normalized spacial score (nSPS) is 12.3. The molecule has 148 valence electrons. The molecule has 0 saturated heterocycles. The number of nitrogens with one attached hydrogen (secondary N) is 1. The Labute approximate surface area is 168 Å². The van der Waals surface area contributed by atoms with Crippen molar-refractivity contribution in [2.24, 2.45) is 0 Å². The van der Waals surface area contributed by atoms with E-state index in [9.17, 15) is 9.90 Å². The summed E-state index contributed by atoms with van der Waals surface area (Å²) in [7, 11) is 0. The first-order valence-electron chi connectivity index (χ1n) is 9.85. The highest BCUT2D eigenvalue weighted by Gasteiger charge is 2.20. The van der Waals surface area contributed by atoms with Crippen molar-refractivity contribution in [1.29, 1.82) is 0 Å². The van der Waals surface area contributed by atoms with E-state index in [1.165, 1.54) is 0 Å². The van der Waals surface area contributed by atoms with Gasteiger partial charge in [0.15, 0.2) is 0 Å². The van der Waals surface area contributed by atoms with Crippen molar-refractivity contribution in [2.45, 2.75) is 38.6 Å². The highest BCUT2D eigenvalue weighted by Crippen LogP contribution is 2.33. The van der Waals surface area contributed by atoms with E-state index < -0.39 is 12.0 Å². The molecule has 1 unspecified atom stereocenters. The van der Waals surface area contributed by atoms with E-state index in [2.05, 4.69) is 33.6 Å². The lowest BCUT2D eigenvalue weighted by molar-refractivity contribution is -0.141. The zero-order chi connectivity index (χ0) is 20.2. The minimum Gasteiger partial charge on any atom is -0.480 e. The van der Waals surface area contributed by atoms with Gasteiger partial charge < -0.3 is 9.67 Å². The van der Waals surface area contributed by atoms with Crippen LogP contribution >= 0.6 is 0 Å². The largest absolute Gasteiger partial charge is 0.480 e. The summed E-state index contributed by atoms with van der Waals surface area (Å²) in [5.74, 6) is -0.245. The SMILES string of the molecule is CCCCCC(C(=O)O)n1ccc2cc(-c3ccccc3-c3nn[nH]n3)ccc21. The van der Waals surface area contributed by atoms with E-state index in [0.717, 1.165) is 46.9 Å². The monoisotopic (exact) mass is 389 g/mol. The van der Waals surface area contributed by atoms with Crippen LogP contribution in [-0.2, 0) is 4.79 Å². The summed E-state index contributed by atoms with van der Waals surface area (Å²) in [4.78, 5) is 11.9. The van der Waals surface area contributed by atoms with Crippen molar-refractivity contribution in [1.82, 2.24) is 25.2 Å². The molecule has 0 saturated carbocycles. The van der Waals surface area contributed by atoms with E-state index in [1.807, 2.05) is 53.2 Å². The van der Waals surface area contributed by atoms with Crippen molar-refractivity contribution < 1.29 is 9.90 Å². The van der Waals surface area contributed by atoms with Crippen LogP contribution in [-0.4, -0.2) is 36.3 Å². The number of benzene rings is 2. The summed E-state index contributed by atoms with van der Waals surface area (Å²) < 4.78 is 1.88. The highest BCUT2D eigenvalue weighted by atomic mass is 16.4. The number of carboxylic acid groups (broad SMARTS) is 1. The van der Waals surface area contributed by atoms with E-state index in [1.54, 1.807) is 0 Å². The predicted octanol–water partition coefficient (Wildman–Crippen LogP) is 4.69. The number of tetrazole rings is 1. The molecule has 2 heterocycles. The van der Waals surface area contributed by atoms with Gasteiger partial charge in [-0.2, -0.15) is 5.21 Å². The molecule has 0 aliphatic rings. The first-order chi connectivity index (χ1) is 14.2. The first kappa shape index (κ1) is 18.9. The second-order valence-electron chi connectivity index (χ2n) is 7.13. The van der Waals surface area contributed by atoms with Crippen LogP contribution in [0.25, 0.3) is 33.4 Å². The van der Waals surface area contributed by atoms with Gasteiger partial charge >= 0.3 is 5.97 Å². The maximum absolute atomic E-state index is 11.9. The Bertz CT molecular complexity index is 1120. The van der Waals surface area contributed by atoms with Gasteiger partial charge in [0.1, 0.15) is 6.04 Å². The lowest BCUT2D eigenvalue weighted by Gasteiger charge is -2.16. The summed E-state index contributed by atoms with van der Waals surface area (Å²) in [6.45, 7) is 2.12. The van der Waals surface area contributed by atoms with Gasteiger partial charge in [-0.15, -0.1) is 10.2 Å². The number of aliphatic carboxylic acids is 1. The highest BCUT2D eigenvalue weighted by molar-refractivity contribution is 5.90. The van der Waals surface area contributed by atoms with Crippen molar-refractivity contribution >= 4 is 16.9 Å². The summed E-state index contributed by atoms with van der Waals surface area (Å²) in [6, 6.07) is 15.4. The van der Waals surface area contributed by atoms with Crippen LogP contribution in [0.2, 0.25) is 0 Å². The molecule has 7 heteroatoms. The lowest BCUT2D eigenvalue weighted by Crippen LogP contribution is -2.18. The van der Waals surface area contributed by atoms with Gasteiger partial charge in [-0.05, 0) is 41.0 Å². The topological polar surface area (TPSA) is 96.7 Å². The van der Waals surface area contributed by atoms with Crippen LogP contribution in [0.15, 0.2) is 54.7 Å². The minimum atomic E-state index is -0.787. The number of nitrogens with zero attached hydrogens (tertiary/aromatic N) is 4. The zero-order valence-electron chi connectivity index (χ0n) is 16.2. The quantitative estimate of drug-likeness (QED) is 0.426. The molecule has 0 fully saturated rings. The predicted molar refractivity (Wildman–Crippen MR) is 111 cm³/mol. The summed E-state index contributed by atoms with van der Waals surface area (Å²) in [6.07, 6.45) is 5.53. The van der Waals surface area contributed by atoms with Gasteiger partial charge in [-0.25, -0.2) is 4.79 Å². The van der Waals surface area contributed by atoms with Crippen LogP contribution in [0, 0.1) is 0 Å². The van der Waals surface area contributed by atoms with E-state index in [0.29, 0.717) is 12.2 Å². The number of carboxylic acids is 1. The van der Waals surface area contributed by atoms with Gasteiger partial charge in [-0.3, -0.25) is 0 Å². The Morgan fingerprint density at radius 2 is 1.97 bits per heavy atom. The fourth-order valence-corrected chi connectivity index (χ4v) is 3.78. The van der Waals surface area contributed by atoms with Crippen molar-refractivity contribution in [3.05, 3.63) is 54.7 Å². The maximum Gasteiger partial charge on any atom is 0.326 e. The molecule has 0 spiro atoms. The number of hydrogen-bond acceptors (Lipinski definition) is 4. The number of carbonyl (C=O) groups is 1. The molecular formula is C22H23N5O2. The van der Waals surface area contributed by atoms with Crippen LogP contribution in [0.1, 0.15) is 38.6 Å². The minimum absolute atomic E-state index is 0.542. The third kappa shape index (κ3) is 3.76. The standard InChI is InChI=1S/C22H23N5O2/c1-2-3-4-9-20(22(28)29)27-13-12-16-14-15(10-11-19(16)27)17-7-5-6-8-18(17)21-23-25-26-24-21/h5-8,10-14,20H,2-4,9H2,1H3,(H,28,29)(H,23,24,25,26). The van der Waals surface area contributed by atoms with E-state index >= 15 is 0 Å². The third-order valence-corrected chi connectivity index (χ3v) is 5.25. The van der Waals surface area contributed by atoms with E-state index in [4.69, 9.17) is 0 Å². The molecule has 2 aromatic heterocycles. The van der Waals surface area contributed by atoms with Crippen molar-refractivity contribution in [3.8, 4) is 22.5 Å². The lowest BCUT2D eigenvalue weighted by atomic mass is 9.98. The molecule has 2 aromatic carbocycles. The summed E-state index contributed by atoms with van der Waals surface area (Å²) >= 11 is 0. The van der Waals surface area contributed by atoms with Gasteiger partial charge in [0.2, 0.25) is 5.82 Å². The van der Waals surface area contributed by atoms with Crippen molar-refractivity contribution in [2.75, 3.05) is 0 Å². The Morgan fingerprint density at radius 1 is 1.14 bits per heavy atom. The van der Waals surface area contributed by atoms with Crippen molar-refractivity contribution in [3.63, 3.8) is 0 Å². The smallest absolute Gasteiger partial charge is 0.326 e. The molecule has 2 N–H and O–H groups in total. The summed E-state index contributed by atoms with van der Waals surface area (Å²) in [5, 5.41) is 25.1. The van der Waals surface area contributed by atoms with Gasteiger partial charge in [0, 0.05) is 22.7 Å². The fourth-order valence-electron chi connectivity index (χ4n) is 3.78. The van der Waals surface area contributed by atoms with Crippen LogP contribution < -0.4 is 0 Å². The molecule has 29 heavy (non-hydrogen) atoms. The Morgan fingerprint density at radius 3 is 2.69 bits per heavy atom. The van der Waals surface area contributed by atoms with Gasteiger partial charge in [0.25, 0.3) is 0 Å². The number of aromatic nitrogens is 5. The molecule has 7 nitrogen and oxygen atoms in total. The molecule has 0 amide bonds. The second-order valence-corrected chi connectivity index (χ2v) is 7.13. The average Bonchev–Trinajstić information content (AvgIpc) is 3.41. The number of hydrogen-bond donors (Lipinski definition) is 2. The number of unbranched alkanes of at least 4 members (excludes halogenated alkanes) is 2. The number of fused-ring (bicyclic) bond motifs is 1. The zero-order valence-corrected chi connectivity index (χ0v) is 16.2. The molecule has 0 bridgehead atoms. The third-order valence-electron chi connectivity index (χ3n) is 5.25. The Hall–Kier alpha value is -3.48. The van der Waals surface area contributed by atoms with Crippen LogP contribution in [0.5, 0.6) is 0 Å². The molecule has 4 aromatic rings. The molecule has 0 aliphatic carbocycles. The van der Waals surface area contributed by atoms with E-state index in [-0.39, 0.29) is 0 Å². The second kappa shape index (κ2) is 8.26. The fraction of sp³-hybridized carbons (Fsp3) is 0.273. The van der Waals surface area contributed by atoms with Gasteiger partial charge in [0.05, 0.1) is 0 Å². The van der Waals surface area contributed by atoms with Crippen LogP contribution in [0.4, 0.5) is 0 Å². The van der Waals surface area contributed by atoms with Crippen LogP contribution in [0.3, 0.4) is 0 Å². The summed E-state index contributed by atoms with van der Waals surface area (Å²) in [5.41, 5.74) is 3.84. The molecule has 0 radical (unpaired) electrons. The Kier molecular flexibility index (Phi) is 5.37. The number of aromatic amines is 1. The Balaban J connectivity index is 1.72. The molecular weight excluding hydrogens is 366 g/mol.